The third-order valence-electron chi connectivity index (χ3n) is 8.27. The van der Waals surface area contributed by atoms with Crippen molar-refractivity contribution >= 4 is 33.9 Å². The number of benzene rings is 2. The Labute approximate surface area is 265 Å². The highest BCUT2D eigenvalue weighted by atomic mass is 19.1. The number of aromatic nitrogens is 3. The van der Waals surface area contributed by atoms with Crippen LogP contribution in [0.1, 0.15) is 58.6 Å². The second kappa shape index (κ2) is 11.5. The summed E-state index contributed by atoms with van der Waals surface area (Å²) in [5.74, 6) is -1.23. The van der Waals surface area contributed by atoms with Crippen molar-refractivity contribution in [3.8, 4) is 16.9 Å². The van der Waals surface area contributed by atoms with Crippen molar-refractivity contribution in [1.82, 2.24) is 19.4 Å². The van der Waals surface area contributed by atoms with Gasteiger partial charge in [-0.2, -0.15) is 4.98 Å². The maximum absolute atomic E-state index is 16.2. The molecule has 1 aliphatic heterocycles. The van der Waals surface area contributed by atoms with E-state index >= 15 is 8.78 Å². The fourth-order valence-corrected chi connectivity index (χ4v) is 6.15. The minimum Gasteiger partial charge on any atom is -0.464 e. The van der Waals surface area contributed by atoms with E-state index in [1.807, 2.05) is 71.6 Å². The van der Waals surface area contributed by atoms with Crippen LogP contribution in [0.3, 0.4) is 0 Å². The molecule has 0 saturated carbocycles. The number of rotatable bonds is 4. The first kappa shape index (κ1) is 31.2. The third kappa shape index (κ3) is 5.48. The highest BCUT2D eigenvalue weighted by Crippen LogP contribution is 2.37. The molecule has 0 spiro atoms. The Kier molecular flexibility index (Phi) is 7.82. The molecule has 1 aliphatic rings. The summed E-state index contributed by atoms with van der Waals surface area (Å²) in [7, 11) is 0. The van der Waals surface area contributed by atoms with Crippen LogP contribution in [0.15, 0.2) is 57.9 Å². The predicted molar refractivity (Wildman–Crippen MR) is 174 cm³/mol. The lowest BCUT2D eigenvalue weighted by Gasteiger charge is -2.41. The van der Waals surface area contributed by atoms with Crippen LogP contribution in [0.2, 0.25) is 0 Å². The molecule has 2 aromatic carbocycles. The van der Waals surface area contributed by atoms with E-state index in [1.165, 1.54) is 23.0 Å². The van der Waals surface area contributed by atoms with E-state index in [-0.39, 0.29) is 45.7 Å². The van der Waals surface area contributed by atoms with Crippen LogP contribution in [-0.4, -0.2) is 56.8 Å². The van der Waals surface area contributed by atoms with Crippen LogP contribution in [0.5, 0.6) is 0 Å². The predicted octanol–water partition coefficient (Wildman–Crippen LogP) is 7.35. The molecule has 240 valence electrons. The van der Waals surface area contributed by atoms with Gasteiger partial charge < -0.3 is 19.0 Å². The molecule has 0 N–H and O–H groups in total. The van der Waals surface area contributed by atoms with Crippen molar-refractivity contribution < 1.29 is 22.7 Å². The van der Waals surface area contributed by atoms with Gasteiger partial charge in [-0.3, -0.25) is 0 Å². The Morgan fingerprint density at radius 2 is 1.83 bits per heavy atom. The fourth-order valence-electron chi connectivity index (χ4n) is 6.15. The van der Waals surface area contributed by atoms with E-state index in [0.717, 1.165) is 11.1 Å². The topological polar surface area (TPSA) is 93.7 Å². The van der Waals surface area contributed by atoms with Gasteiger partial charge >= 0.3 is 11.8 Å². The largest absolute Gasteiger partial charge is 0.464 e. The molecule has 4 heterocycles. The zero-order valence-corrected chi connectivity index (χ0v) is 27.0. The molecule has 1 fully saturated rings. The second-order valence-electron chi connectivity index (χ2n) is 13.1. The average molecular weight is 630 g/mol. The molecule has 0 unspecified atom stereocenters. The summed E-state index contributed by atoms with van der Waals surface area (Å²) < 4.78 is 44.2. The molecule has 1 amide bonds. The maximum Gasteiger partial charge on any atom is 0.410 e. The van der Waals surface area contributed by atoms with E-state index in [4.69, 9.17) is 14.1 Å². The van der Waals surface area contributed by atoms with Crippen LogP contribution >= 0.6 is 0 Å². The van der Waals surface area contributed by atoms with E-state index in [1.54, 1.807) is 17.0 Å². The van der Waals surface area contributed by atoms with Gasteiger partial charge in [0.25, 0.3) is 0 Å². The lowest BCUT2D eigenvalue weighted by molar-refractivity contribution is 0.0218. The van der Waals surface area contributed by atoms with Crippen molar-refractivity contribution in [1.29, 1.82) is 0 Å². The number of furan rings is 1. The summed E-state index contributed by atoms with van der Waals surface area (Å²) in [6.07, 6.45) is 0.977. The Hall–Kier alpha value is -4.80. The molecule has 0 aliphatic carbocycles. The van der Waals surface area contributed by atoms with Gasteiger partial charge in [-0.25, -0.2) is 27.9 Å². The van der Waals surface area contributed by atoms with Gasteiger partial charge in [0.2, 0.25) is 0 Å². The van der Waals surface area contributed by atoms with Crippen molar-refractivity contribution in [3.63, 3.8) is 0 Å². The molecule has 0 radical (unpaired) electrons. The molecular weight excluding hydrogens is 592 g/mol. The van der Waals surface area contributed by atoms with Gasteiger partial charge in [-0.05, 0) is 75.9 Å². The normalized spacial score (nSPS) is 15.7. The molecule has 46 heavy (non-hydrogen) atoms. The van der Waals surface area contributed by atoms with Crippen molar-refractivity contribution in [2.45, 2.75) is 66.0 Å². The highest BCUT2D eigenvalue weighted by molar-refractivity contribution is 5.95. The van der Waals surface area contributed by atoms with Crippen molar-refractivity contribution in [3.05, 3.63) is 82.0 Å². The lowest BCUT2D eigenvalue weighted by atomic mass is 9.98. The second-order valence-corrected chi connectivity index (χ2v) is 13.1. The zero-order valence-electron chi connectivity index (χ0n) is 27.0. The summed E-state index contributed by atoms with van der Waals surface area (Å²) >= 11 is 0. The van der Waals surface area contributed by atoms with Gasteiger partial charge in [0.15, 0.2) is 11.5 Å². The molecule has 1 atom stereocenters. The number of pyridine rings is 1. The highest BCUT2D eigenvalue weighted by Gasteiger charge is 2.33. The molecular formula is C35H37F2N5O4. The smallest absolute Gasteiger partial charge is 0.410 e. The summed E-state index contributed by atoms with van der Waals surface area (Å²) in [6, 6.07) is 11.2. The van der Waals surface area contributed by atoms with E-state index in [0.29, 0.717) is 30.7 Å². The average Bonchev–Trinajstić information content (AvgIpc) is 3.45. The SMILES string of the molecule is Cc1cccc(C(C)C)c1-n1c(=O)nc(N2CCN(C(=O)OC(C)(C)C)C[C@@H]2C)c2cc(F)c(-c3c(F)ccc4ccoc34)nc21. The van der Waals surface area contributed by atoms with Gasteiger partial charge in [0, 0.05) is 31.1 Å². The third-order valence-corrected chi connectivity index (χ3v) is 8.27. The number of ether oxygens (including phenoxy) is 1. The minimum absolute atomic E-state index is 0.0340. The van der Waals surface area contributed by atoms with Gasteiger partial charge in [0.1, 0.15) is 28.5 Å². The molecule has 0 bridgehead atoms. The Morgan fingerprint density at radius 1 is 1.07 bits per heavy atom. The number of piperazine rings is 1. The molecule has 1 saturated heterocycles. The van der Waals surface area contributed by atoms with Crippen LogP contribution in [-0.2, 0) is 4.74 Å². The number of para-hydroxylation sites is 1. The quantitative estimate of drug-likeness (QED) is 0.205. The summed E-state index contributed by atoms with van der Waals surface area (Å²) in [6.45, 7) is 14.2. The number of carbonyl (C=O) groups excluding carboxylic acids is 1. The molecule has 5 aromatic rings. The van der Waals surface area contributed by atoms with Crippen LogP contribution in [0.25, 0.3) is 38.9 Å². The minimum atomic E-state index is -0.794. The molecule has 9 nitrogen and oxygen atoms in total. The van der Waals surface area contributed by atoms with E-state index in [9.17, 15) is 9.59 Å². The molecule has 3 aromatic heterocycles. The van der Waals surface area contributed by atoms with Crippen LogP contribution in [0, 0.1) is 18.6 Å². The monoisotopic (exact) mass is 629 g/mol. The molecule has 6 rings (SSSR count). The number of carbonyl (C=O) groups is 1. The van der Waals surface area contributed by atoms with Crippen molar-refractivity contribution in [2.24, 2.45) is 0 Å². The van der Waals surface area contributed by atoms with E-state index < -0.39 is 29.0 Å². The maximum atomic E-state index is 16.2. The van der Waals surface area contributed by atoms with Gasteiger partial charge in [-0.15, -0.1) is 0 Å². The number of hydrogen-bond donors (Lipinski definition) is 0. The van der Waals surface area contributed by atoms with E-state index in [2.05, 4.69) is 4.98 Å². The first-order chi connectivity index (χ1) is 21.7. The summed E-state index contributed by atoms with van der Waals surface area (Å²) in [5.41, 5.74) is 0.889. The number of anilines is 1. The number of fused-ring (bicyclic) bond motifs is 2. The summed E-state index contributed by atoms with van der Waals surface area (Å²) in [5, 5.41) is 0.867. The standard InChI is InChI=1S/C35H37F2N5O4/c1-19(2)23-10-8-9-20(3)29(23)42-32-24(17-26(37)28(38-32)27-25(36)12-11-22-13-16-45-30(22)27)31(39-33(42)43)41-15-14-40(18-21(41)4)34(44)46-35(5,6)7/h8-13,16-17,19,21H,14-15,18H2,1-7H3/t21-/m0/s1. The number of hydrogen-bond acceptors (Lipinski definition) is 7. The zero-order chi connectivity index (χ0) is 33.1. The number of amides is 1. The number of nitrogens with zero attached hydrogens (tertiary/aromatic N) is 5. The Morgan fingerprint density at radius 3 is 2.52 bits per heavy atom. The molecule has 11 heteroatoms. The van der Waals surface area contributed by atoms with Gasteiger partial charge in [0.05, 0.1) is 22.9 Å². The van der Waals surface area contributed by atoms with Crippen LogP contribution < -0.4 is 10.6 Å². The Bertz CT molecular complexity index is 2050. The Balaban J connectivity index is 1.59. The van der Waals surface area contributed by atoms with Gasteiger partial charge in [-0.1, -0.05) is 32.0 Å². The lowest BCUT2D eigenvalue weighted by Crippen LogP contribution is -2.55. The fraction of sp³-hybridized carbons (Fsp3) is 0.371. The first-order valence-corrected chi connectivity index (χ1v) is 15.4. The summed E-state index contributed by atoms with van der Waals surface area (Å²) in [4.78, 5) is 39.7. The van der Waals surface area contributed by atoms with Crippen LogP contribution in [0.4, 0.5) is 19.4 Å². The number of aryl methyl sites for hydroxylation is 1. The first-order valence-electron chi connectivity index (χ1n) is 15.4. The van der Waals surface area contributed by atoms with Crippen molar-refractivity contribution in [2.75, 3.05) is 24.5 Å². The number of halogens is 2.